The zero-order valence-electron chi connectivity index (χ0n) is 78.7. The normalized spacial score (nSPS) is 25.3. The number of allylic oxidation sites excluding steroid dienone is 6. The first kappa shape index (κ1) is 101. The van der Waals surface area contributed by atoms with Gasteiger partial charge in [0.15, 0.2) is 17.0 Å². The molecule has 1 aliphatic carbocycles. The van der Waals surface area contributed by atoms with E-state index >= 15 is 0 Å². The summed E-state index contributed by atoms with van der Waals surface area (Å²) in [6.45, 7) is 16.7. The molecule has 5 aromatic heterocycles. The van der Waals surface area contributed by atoms with E-state index in [1.54, 1.807) is 45.5 Å². The number of aliphatic hydroxyl groups is 2. The van der Waals surface area contributed by atoms with Gasteiger partial charge in [-0.1, -0.05) is 82.4 Å². The summed E-state index contributed by atoms with van der Waals surface area (Å²) in [6.07, 6.45) is 20.6. The fraction of sp³-hybridized carbons (Fsp3) is 0.571. The van der Waals surface area contributed by atoms with E-state index in [1.807, 2.05) is 95.7 Å². The number of nitrogens with zero attached hydrogens (tertiary/aromatic N) is 13. The number of Topliss-reactive ketones (excluding diaryl/α,β-unsaturated/α-hetero) is 3. The number of aliphatic hydroxyl groups excluding tert-OH is 2. The van der Waals surface area contributed by atoms with Crippen molar-refractivity contribution in [3.05, 3.63) is 143 Å². The molecule has 3 unspecified atom stereocenters. The molecule has 4 amide bonds. The van der Waals surface area contributed by atoms with E-state index in [2.05, 4.69) is 57.7 Å². The molecule has 12 atom stereocenters. The Kier molecular flexibility index (Phi) is 36.9. The monoisotopic (exact) mass is 1870 g/mol. The molecule has 7 aromatic rings. The van der Waals surface area contributed by atoms with Gasteiger partial charge in [0.2, 0.25) is 23.6 Å². The molecular weight excluding hydrogens is 1740 g/mol. The van der Waals surface area contributed by atoms with Gasteiger partial charge in [-0.15, -0.1) is 0 Å². The summed E-state index contributed by atoms with van der Waals surface area (Å²) in [6, 6.07) is 10.4. The fourth-order valence-electron chi connectivity index (χ4n) is 18.6. The Morgan fingerprint density at radius 3 is 2.19 bits per heavy atom. The van der Waals surface area contributed by atoms with Gasteiger partial charge >= 0.3 is 12.1 Å². The van der Waals surface area contributed by atoms with Gasteiger partial charge in [0.05, 0.1) is 102 Å². The van der Waals surface area contributed by atoms with E-state index in [4.69, 9.17) is 63.6 Å². The predicted molar refractivity (Wildman–Crippen MR) is 501 cm³/mol. The average molecular weight is 1870 g/mol. The number of nitrogen functional groups attached to an aromatic ring is 2. The van der Waals surface area contributed by atoms with E-state index < -0.39 is 72.1 Å². The van der Waals surface area contributed by atoms with Crippen molar-refractivity contribution in [2.45, 2.75) is 219 Å². The first-order valence-corrected chi connectivity index (χ1v) is 47.3. The number of ether oxygens (including phenoxy) is 9. The summed E-state index contributed by atoms with van der Waals surface area (Å²) in [4.78, 5) is 149. The van der Waals surface area contributed by atoms with Crippen molar-refractivity contribution in [2.24, 2.45) is 29.6 Å². The largest absolute Gasteiger partial charge is 0.460 e. The number of oxazole rings is 1. The van der Waals surface area contributed by atoms with Gasteiger partial charge in [-0.2, -0.15) is 10.1 Å². The Bertz CT molecular complexity index is 5310. The Morgan fingerprint density at radius 2 is 1.44 bits per heavy atom. The third-order valence-corrected chi connectivity index (χ3v) is 26.4. The minimum absolute atomic E-state index is 0.00562. The molecule has 1 saturated carbocycles. The molecule has 0 spiro atoms. The molecule has 10 heterocycles. The lowest BCUT2D eigenvalue weighted by Gasteiger charge is -2.40. The van der Waals surface area contributed by atoms with Crippen LogP contribution in [0.2, 0.25) is 0 Å². The Morgan fingerprint density at radius 1 is 0.704 bits per heavy atom. The minimum atomic E-state index is -1.34. The van der Waals surface area contributed by atoms with Crippen LogP contribution in [-0.2, 0) is 97.5 Å². The number of methoxy groups -OCH3 is 2. The SMILES string of the molecule is CO[C@H]1CC2CC[C@@H](C)C(O2)C(=O)C(=O)N2CCCC[C@H]2C(=O)O[C@H](CCC2CCC(OC(=O)NCc3cnc(N4CCN(c5ncc(C(=O)NCCOCCOCCOCCOCCC(=O)N6CCc7cc(Cn8nc(-c9ccc%10oc(N)nc%10c9)c9c(N)ncnc98)ccc7C6)cn5)CC4CO)nc3)CC2)CC(=O)[C@H](C)/C=C(\C)[C@@H](O)[C@@H](OC)C(=O)[C@H](C)C[C@H](C)/C=C/C=CC=C1C. The van der Waals surface area contributed by atoms with Crippen LogP contribution in [0.5, 0.6) is 0 Å². The number of benzene rings is 2. The van der Waals surface area contributed by atoms with Crippen molar-refractivity contribution in [1.82, 2.24) is 65.1 Å². The van der Waals surface area contributed by atoms with Crippen LogP contribution in [-0.4, -0.2) is 280 Å². The first-order chi connectivity index (χ1) is 65.3. The highest BCUT2D eigenvalue weighted by Gasteiger charge is 2.45. The van der Waals surface area contributed by atoms with E-state index in [1.165, 1.54) is 36.3 Å². The highest BCUT2D eigenvalue weighted by Crippen LogP contribution is 2.37. The lowest BCUT2D eigenvalue weighted by atomic mass is 9.83. The second kappa shape index (κ2) is 49.4. The minimum Gasteiger partial charge on any atom is -0.460 e. The zero-order valence-corrected chi connectivity index (χ0v) is 78.7. The molecular formula is C98H131N17O20. The number of nitrogens with one attached hydrogen (secondary N) is 2. The molecule has 135 heavy (non-hydrogen) atoms. The summed E-state index contributed by atoms with van der Waals surface area (Å²) in [5, 5.41) is 33.4. The maximum Gasteiger partial charge on any atom is 0.407 e. The number of rotatable bonds is 30. The van der Waals surface area contributed by atoms with Crippen LogP contribution in [0.15, 0.2) is 120 Å². The molecule has 0 radical (unpaired) electrons. The van der Waals surface area contributed by atoms with Crippen LogP contribution in [0, 0.1) is 29.6 Å². The van der Waals surface area contributed by atoms with Crippen molar-refractivity contribution in [3.8, 4) is 11.3 Å². The topological polar surface area (TPSA) is 470 Å². The predicted octanol–water partition coefficient (Wildman–Crippen LogP) is 9.12. The number of hydrogen-bond acceptors (Lipinski definition) is 32. The number of piperidine rings is 1. The molecule has 728 valence electrons. The number of carbonyl (C=O) groups excluding carboxylic acids is 8. The first-order valence-electron chi connectivity index (χ1n) is 47.3. The number of nitrogens with two attached hydrogens (primary N) is 2. The van der Waals surface area contributed by atoms with Crippen molar-refractivity contribution in [1.29, 1.82) is 0 Å². The summed E-state index contributed by atoms with van der Waals surface area (Å²) in [7, 11) is 3.00. The summed E-state index contributed by atoms with van der Waals surface area (Å²) in [5.74, 6) is -3.36. The van der Waals surface area contributed by atoms with Gasteiger partial charge < -0.3 is 99.0 Å². The number of carbonyl (C=O) groups is 8. The quantitative estimate of drug-likeness (QED) is 0.0106. The molecule has 8 N–H and O–H groups in total. The van der Waals surface area contributed by atoms with E-state index in [0.717, 1.165) is 22.3 Å². The average Bonchev–Trinajstić information content (AvgIpc) is 1.61. The molecule has 13 rings (SSSR count). The van der Waals surface area contributed by atoms with Crippen LogP contribution in [0.1, 0.15) is 170 Å². The highest BCUT2D eigenvalue weighted by atomic mass is 16.6. The lowest BCUT2D eigenvalue weighted by Crippen LogP contribution is -2.56. The molecule has 37 nitrogen and oxygen atoms in total. The van der Waals surface area contributed by atoms with Crippen molar-refractivity contribution in [3.63, 3.8) is 0 Å². The van der Waals surface area contributed by atoms with Gasteiger partial charge in [-0.05, 0) is 161 Å². The number of piperazine rings is 1. The van der Waals surface area contributed by atoms with Gasteiger partial charge in [0.1, 0.15) is 65.7 Å². The molecule has 2 aromatic carbocycles. The summed E-state index contributed by atoms with van der Waals surface area (Å²) < 4.78 is 60.2. The number of anilines is 4. The Hall–Kier alpha value is -11.4. The molecule has 4 fully saturated rings. The second-order valence-corrected chi connectivity index (χ2v) is 36.2. The van der Waals surface area contributed by atoms with Crippen LogP contribution < -0.4 is 31.9 Å². The van der Waals surface area contributed by atoms with Gasteiger partial charge in [-0.3, -0.25) is 28.8 Å². The fourth-order valence-corrected chi connectivity index (χ4v) is 18.6. The van der Waals surface area contributed by atoms with Crippen LogP contribution in [0.3, 0.4) is 0 Å². The maximum absolute atomic E-state index is 14.6. The number of aromatic nitrogens is 9. The number of hydrogen-bond donors (Lipinski definition) is 6. The number of alkyl carbamates (subject to hydrolysis) is 1. The zero-order chi connectivity index (χ0) is 95.6. The number of cyclic esters (lactones) is 1. The van der Waals surface area contributed by atoms with Crippen LogP contribution >= 0.6 is 0 Å². The molecule has 2 bridgehead atoms. The highest BCUT2D eigenvalue weighted by molar-refractivity contribution is 6.38. The second-order valence-electron chi connectivity index (χ2n) is 36.2. The third kappa shape index (κ3) is 27.5. The number of esters is 1. The molecule has 5 aliphatic heterocycles. The standard InChI is InChI=1S/C98H131N17O20/c1-60-14-10-9-11-15-61(2)81(126-7)49-76-24-17-62(3)88(132-76)87(121)93(123)114-32-13-12-16-78(114)94(124)133-75(48-79(117)63(4)45-65(6)86(120)89(127-8)85(119)64(5)44-60)27-21-66-19-25-74(26-20-66)134-98(125)106-52-68-50-102-97(103-51-68)113-35-34-112(57-73(113)58-116)96-104-53-72(54-105-96)92(122)101-31-37-129-39-41-131-43-42-130-40-38-128-36-30-82(118)111-33-29-69-46-67(18-22-71(69)56-111)55-115-91-83(90(99)107-59-108-91)84(110-115)70-23-28-80-77(47-70)109-95(100)135-80/h9-11,14-15,18,22-23,28,45-47,50-51,53-54,59-60,62-64,66,73-76,78,81,86,88-89,116,120H,12-13,16-17,19-21,24-27,29-44,48-49,52,55-58H2,1-8H3,(H2,100,109)(H,101,122)(H,106,125)(H2,99,107,108)/b11-9?,14-10+,61-15?,65-45+/t60-,62-,63-,64-,66?,73?,74?,75-,76?,78+,81+,86-,88?,89+/m1/s1. The maximum atomic E-state index is 14.6. The summed E-state index contributed by atoms with van der Waals surface area (Å²) in [5.41, 5.74) is 20.9. The van der Waals surface area contributed by atoms with Crippen molar-refractivity contribution < 1.29 is 95.6 Å². The van der Waals surface area contributed by atoms with Gasteiger partial charge in [0.25, 0.3) is 17.8 Å². The Labute approximate surface area is 786 Å². The molecule has 37 heteroatoms. The van der Waals surface area contributed by atoms with E-state index in [-0.39, 0.29) is 130 Å². The molecule has 6 aliphatic rings. The number of fused-ring (bicyclic) bond motifs is 6. The lowest BCUT2D eigenvalue weighted by molar-refractivity contribution is -0.169. The van der Waals surface area contributed by atoms with Crippen molar-refractivity contribution in [2.75, 3.05) is 134 Å². The van der Waals surface area contributed by atoms with Gasteiger partial charge in [0, 0.05) is 127 Å². The molecule has 3 saturated heterocycles. The smallest absolute Gasteiger partial charge is 0.407 e. The van der Waals surface area contributed by atoms with Crippen LogP contribution in [0.4, 0.5) is 28.5 Å². The number of ketones is 3. The number of amides is 4. The van der Waals surface area contributed by atoms with Crippen molar-refractivity contribution >= 4 is 93.0 Å². The summed E-state index contributed by atoms with van der Waals surface area (Å²) >= 11 is 0. The van der Waals surface area contributed by atoms with E-state index in [9.17, 15) is 48.6 Å². The van der Waals surface area contributed by atoms with Gasteiger partial charge in [-0.25, -0.2) is 44.2 Å². The Balaban J connectivity index is 0.485. The third-order valence-electron chi connectivity index (χ3n) is 26.4. The van der Waals surface area contributed by atoms with E-state index in [0.29, 0.717) is 219 Å². The van der Waals surface area contributed by atoms with Crippen LogP contribution in [0.25, 0.3) is 33.4 Å².